The molecule has 0 aliphatic carbocycles. The van der Waals surface area contributed by atoms with Crippen LogP contribution in [0.15, 0.2) is 47.4 Å². The molecule has 8 heteroatoms. The average molecular weight is 480 g/mol. The summed E-state index contributed by atoms with van der Waals surface area (Å²) in [7, 11) is -1.84. The van der Waals surface area contributed by atoms with Gasteiger partial charge in [-0.25, -0.2) is 13.1 Å². The Morgan fingerprint density at radius 1 is 1.06 bits per heavy atom. The van der Waals surface area contributed by atoms with Crippen molar-refractivity contribution in [1.29, 1.82) is 0 Å². The van der Waals surface area contributed by atoms with E-state index in [1.54, 1.807) is 24.3 Å². The highest BCUT2D eigenvalue weighted by molar-refractivity contribution is 7.89. The number of amides is 1. The molecule has 0 radical (unpaired) electrons. The Balaban J connectivity index is 0.00000363. The molecule has 1 heterocycles. The van der Waals surface area contributed by atoms with E-state index in [1.807, 2.05) is 57.8 Å². The number of halogens is 1. The SMILES string of the molecule is Cc1ccc(S(=O)(=O)NC(C)(C)C)c(-c2ccc(C(=O)N(C)C3CCNCC3)cc2)c1.Cl. The molecule has 3 rings (SSSR count). The van der Waals surface area contributed by atoms with Gasteiger partial charge in [-0.2, -0.15) is 0 Å². The smallest absolute Gasteiger partial charge is 0.253 e. The lowest BCUT2D eigenvalue weighted by molar-refractivity contribution is 0.0703. The number of piperidine rings is 1. The predicted molar refractivity (Wildman–Crippen MR) is 132 cm³/mol. The van der Waals surface area contributed by atoms with E-state index in [-0.39, 0.29) is 29.3 Å². The summed E-state index contributed by atoms with van der Waals surface area (Å²) in [6, 6.07) is 12.8. The molecule has 2 N–H and O–H groups in total. The summed E-state index contributed by atoms with van der Waals surface area (Å²) in [5, 5.41) is 3.32. The number of benzene rings is 2. The zero-order chi connectivity index (χ0) is 22.8. The third kappa shape index (κ3) is 6.32. The molecular weight excluding hydrogens is 446 g/mol. The van der Waals surface area contributed by atoms with Gasteiger partial charge < -0.3 is 10.2 Å². The number of hydrogen-bond donors (Lipinski definition) is 2. The fraction of sp³-hybridized carbons (Fsp3) is 0.458. The van der Waals surface area contributed by atoms with Gasteiger partial charge in [-0.3, -0.25) is 4.79 Å². The summed E-state index contributed by atoms with van der Waals surface area (Å²) >= 11 is 0. The van der Waals surface area contributed by atoms with Crippen molar-refractivity contribution in [2.45, 2.75) is 57.0 Å². The topological polar surface area (TPSA) is 78.5 Å². The summed E-state index contributed by atoms with van der Waals surface area (Å²) in [6.07, 6.45) is 1.90. The zero-order valence-electron chi connectivity index (χ0n) is 19.4. The maximum Gasteiger partial charge on any atom is 0.253 e. The first-order chi connectivity index (χ1) is 14.5. The maximum atomic E-state index is 13.0. The van der Waals surface area contributed by atoms with E-state index < -0.39 is 15.6 Å². The first kappa shape index (κ1) is 26.3. The van der Waals surface area contributed by atoms with Crippen molar-refractivity contribution < 1.29 is 13.2 Å². The lowest BCUT2D eigenvalue weighted by Crippen LogP contribution is -2.43. The van der Waals surface area contributed by atoms with E-state index in [9.17, 15) is 13.2 Å². The second-order valence-electron chi connectivity index (χ2n) is 9.33. The van der Waals surface area contributed by atoms with Gasteiger partial charge >= 0.3 is 0 Å². The summed E-state index contributed by atoms with van der Waals surface area (Å²) in [4.78, 5) is 15.0. The number of nitrogens with zero attached hydrogens (tertiary/aromatic N) is 1. The lowest BCUT2D eigenvalue weighted by Gasteiger charge is -2.31. The quantitative estimate of drug-likeness (QED) is 0.679. The normalized spacial score (nSPS) is 15.2. The highest BCUT2D eigenvalue weighted by Gasteiger charge is 2.26. The van der Waals surface area contributed by atoms with Crippen LogP contribution >= 0.6 is 12.4 Å². The van der Waals surface area contributed by atoms with Crippen molar-refractivity contribution in [2.75, 3.05) is 20.1 Å². The predicted octanol–water partition coefficient (Wildman–Crippen LogP) is 3.98. The molecule has 2 aromatic carbocycles. The third-order valence-electron chi connectivity index (χ3n) is 5.48. The number of rotatable bonds is 5. The van der Waals surface area contributed by atoms with Crippen LogP contribution in [-0.2, 0) is 10.0 Å². The van der Waals surface area contributed by atoms with Crippen molar-refractivity contribution in [3.05, 3.63) is 53.6 Å². The van der Waals surface area contributed by atoms with Gasteiger partial charge in [0.1, 0.15) is 0 Å². The molecule has 2 aromatic rings. The largest absolute Gasteiger partial charge is 0.339 e. The third-order valence-corrected chi connectivity index (χ3v) is 7.30. The fourth-order valence-corrected chi connectivity index (χ4v) is 5.55. The number of hydrogen-bond acceptors (Lipinski definition) is 4. The van der Waals surface area contributed by atoms with Crippen LogP contribution in [-0.4, -0.2) is 50.9 Å². The Hall–Kier alpha value is -1.93. The highest BCUT2D eigenvalue weighted by atomic mass is 35.5. The molecule has 32 heavy (non-hydrogen) atoms. The number of carbonyl (C=O) groups is 1. The first-order valence-electron chi connectivity index (χ1n) is 10.7. The van der Waals surface area contributed by atoms with E-state index in [0.29, 0.717) is 11.1 Å². The Kier molecular flexibility index (Phi) is 8.50. The van der Waals surface area contributed by atoms with Crippen LogP contribution in [0.5, 0.6) is 0 Å². The van der Waals surface area contributed by atoms with Gasteiger partial charge in [0.2, 0.25) is 10.0 Å². The van der Waals surface area contributed by atoms with Crippen LogP contribution in [0.1, 0.15) is 49.5 Å². The Morgan fingerprint density at radius 2 is 1.66 bits per heavy atom. The molecular formula is C24H34ClN3O3S. The van der Waals surface area contributed by atoms with E-state index >= 15 is 0 Å². The molecule has 1 saturated heterocycles. The molecule has 0 aromatic heterocycles. The Morgan fingerprint density at radius 3 is 2.22 bits per heavy atom. The molecule has 1 amide bonds. The fourth-order valence-electron chi connectivity index (χ4n) is 3.92. The number of aryl methyl sites for hydroxylation is 1. The first-order valence-corrected chi connectivity index (χ1v) is 12.2. The van der Waals surface area contributed by atoms with Crippen molar-refractivity contribution in [3.63, 3.8) is 0 Å². The number of carbonyl (C=O) groups excluding carboxylic acids is 1. The molecule has 1 aliphatic heterocycles. The van der Waals surface area contributed by atoms with Crippen LogP contribution in [0.3, 0.4) is 0 Å². The second-order valence-corrected chi connectivity index (χ2v) is 11.0. The van der Waals surface area contributed by atoms with Gasteiger partial charge in [-0.05, 0) is 77.4 Å². The maximum absolute atomic E-state index is 13.0. The minimum absolute atomic E-state index is 0. The molecule has 0 atom stereocenters. The van der Waals surface area contributed by atoms with Gasteiger partial charge in [0, 0.05) is 29.8 Å². The zero-order valence-corrected chi connectivity index (χ0v) is 21.1. The molecule has 0 bridgehead atoms. The van der Waals surface area contributed by atoms with Gasteiger partial charge in [0.05, 0.1) is 4.90 Å². The van der Waals surface area contributed by atoms with Crippen LogP contribution in [0.2, 0.25) is 0 Å². The van der Waals surface area contributed by atoms with Crippen LogP contribution < -0.4 is 10.0 Å². The minimum Gasteiger partial charge on any atom is -0.339 e. The van der Waals surface area contributed by atoms with E-state index in [0.717, 1.165) is 37.1 Å². The monoisotopic (exact) mass is 479 g/mol. The van der Waals surface area contributed by atoms with E-state index in [2.05, 4.69) is 10.0 Å². The second kappa shape index (κ2) is 10.3. The highest BCUT2D eigenvalue weighted by Crippen LogP contribution is 2.30. The van der Waals surface area contributed by atoms with Crippen molar-refractivity contribution >= 4 is 28.3 Å². The Labute approximate surface area is 198 Å². The van der Waals surface area contributed by atoms with Gasteiger partial charge in [-0.15, -0.1) is 12.4 Å². The van der Waals surface area contributed by atoms with Crippen molar-refractivity contribution in [1.82, 2.24) is 14.9 Å². The molecule has 6 nitrogen and oxygen atoms in total. The van der Waals surface area contributed by atoms with Crippen molar-refractivity contribution in [2.24, 2.45) is 0 Å². The molecule has 1 aliphatic rings. The standard InChI is InChI=1S/C24H33N3O3S.ClH/c1-17-6-11-22(31(29,30)26-24(2,3)4)21(16-17)18-7-9-19(10-8-18)23(28)27(5)20-12-14-25-15-13-20;/h6-11,16,20,25-26H,12-15H2,1-5H3;1H. The summed E-state index contributed by atoms with van der Waals surface area (Å²) in [6.45, 7) is 9.24. The van der Waals surface area contributed by atoms with E-state index in [4.69, 9.17) is 0 Å². The number of nitrogens with one attached hydrogen (secondary N) is 2. The van der Waals surface area contributed by atoms with Gasteiger partial charge in [0.15, 0.2) is 0 Å². The molecule has 0 unspecified atom stereocenters. The van der Waals surface area contributed by atoms with Crippen LogP contribution in [0.25, 0.3) is 11.1 Å². The van der Waals surface area contributed by atoms with Gasteiger partial charge in [-0.1, -0.05) is 29.8 Å². The van der Waals surface area contributed by atoms with Gasteiger partial charge in [0.25, 0.3) is 5.91 Å². The van der Waals surface area contributed by atoms with Crippen molar-refractivity contribution in [3.8, 4) is 11.1 Å². The van der Waals surface area contributed by atoms with E-state index in [1.165, 1.54) is 0 Å². The minimum atomic E-state index is -3.70. The molecule has 0 spiro atoms. The number of sulfonamides is 1. The average Bonchev–Trinajstić information content (AvgIpc) is 2.71. The molecule has 176 valence electrons. The molecule has 1 fully saturated rings. The molecule has 0 saturated carbocycles. The summed E-state index contributed by atoms with van der Waals surface area (Å²) in [5.41, 5.74) is 2.38. The van der Waals surface area contributed by atoms with Crippen LogP contribution in [0, 0.1) is 6.92 Å². The summed E-state index contributed by atoms with van der Waals surface area (Å²) in [5.74, 6) is -0.00932. The van der Waals surface area contributed by atoms with Crippen LogP contribution in [0.4, 0.5) is 0 Å². The Bertz CT molecular complexity index is 1040. The lowest BCUT2D eigenvalue weighted by atomic mass is 10.0. The summed E-state index contributed by atoms with van der Waals surface area (Å²) < 4.78 is 28.8.